The Balaban J connectivity index is 2.08. The predicted molar refractivity (Wildman–Crippen MR) is 51.3 cm³/mol. The SMILES string of the molecule is CC(C)CCc1ccc(O)c2c1O2. The van der Waals surface area contributed by atoms with E-state index in [9.17, 15) is 5.11 Å². The molecule has 1 aromatic rings. The molecule has 1 aliphatic rings. The molecule has 0 fully saturated rings. The van der Waals surface area contributed by atoms with Crippen LogP contribution in [0.25, 0.3) is 0 Å². The van der Waals surface area contributed by atoms with Gasteiger partial charge in [0.25, 0.3) is 0 Å². The zero-order valence-electron chi connectivity index (χ0n) is 8.00. The molecule has 1 aliphatic heterocycles. The van der Waals surface area contributed by atoms with Gasteiger partial charge in [-0.3, -0.25) is 0 Å². The molecule has 0 unspecified atom stereocenters. The van der Waals surface area contributed by atoms with Gasteiger partial charge in [-0.05, 0) is 30.4 Å². The molecule has 0 aliphatic carbocycles. The van der Waals surface area contributed by atoms with Crippen LogP contribution in [0, 0.1) is 5.92 Å². The summed E-state index contributed by atoms with van der Waals surface area (Å²) in [6.07, 6.45) is 2.21. The minimum Gasteiger partial charge on any atom is -0.504 e. The standard InChI is InChI=1S/C11H14O2/c1-7(2)3-4-8-5-6-9(12)11-10(8)13-11/h5-7,12H,3-4H2,1-2H3. The number of hydrogen-bond acceptors (Lipinski definition) is 2. The molecule has 13 heavy (non-hydrogen) atoms. The summed E-state index contributed by atoms with van der Waals surface area (Å²) in [5.74, 6) is 2.56. The summed E-state index contributed by atoms with van der Waals surface area (Å²) in [4.78, 5) is 0. The fourth-order valence-electron chi connectivity index (χ4n) is 1.43. The van der Waals surface area contributed by atoms with E-state index in [2.05, 4.69) is 13.8 Å². The number of hydrogen-bond donors (Lipinski definition) is 1. The van der Waals surface area contributed by atoms with Gasteiger partial charge in [-0.25, -0.2) is 0 Å². The fraction of sp³-hybridized carbons (Fsp3) is 0.455. The van der Waals surface area contributed by atoms with E-state index in [1.165, 1.54) is 12.0 Å². The van der Waals surface area contributed by atoms with Crippen molar-refractivity contribution >= 4 is 0 Å². The number of aryl methyl sites for hydroxylation is 1. The van der Waals surface area contributed by atoms with Crippen molar-refractivity contribution in [2.45, 2.75) is 26.7 Å². The molecule has 1 aromatic carbocycles. The maximum Gasteiger partial charge on any atom is 0.211 e. The second-order valence-corrected chi connectivity index (χ2v) is 3.94. The zero-order chi connectivity index (χ0) is 9.42. The molecule has 2 nitrogen and oxygen atoms in total. The normalized spacial score (nSPS) is 12.5. The van der Waals surface area contributed by atoms with Gasteiger partial charge >= 0.3 is 0 Å². The fourth-order valence-corrected chi connectivity index (χ4v) is 1.43. The van der Waals surface area contributed by atoms with Crippen molar-refractivity contribution in [3.8, 4) is 17.2 Å². The van der Waals surface area contributed by atoms with Crippen LogP contribution >= 0.6 is 0 Å². The van der Waals surface area contributed by atoms with Gasteiger partial charge in [0.2, 0.25) is 5.75 Å². The highest BCUT2D eigenvalue weighted by Gasteiger charge is 2.28. The summed E-state index contributed by atoms with van der Waals surface area (Å²) in [6.45, 7) is 4.42. The number of rotatable bonds is 3. The molecule has 1 N–H and O–H groups in total. The Bertz CT molecular complexity index is 329. The van der Waals surface area contributed by atoms with Crippen LogP contribution in [0.4, 0.5) is 0 Å². The molecule has 0 radical (unpaired) electrons. The number of phenolic OH excluding ortho intramolecular Hbond substituents is 1. The number of phenols is 1. The first-order valence-corrected chi connectivity index (χ1v) is 4.71. The molecule has 0 aromatic heterocycles. The van der Waals surface area contributed by atoms with E-state index in [1.54, 1.807) is 6.07 Å². The molecular weight excluding hydrogens is 164 g/mol. The lowest BCUT2D eigenvalue weighted by Gasteiger charge is -2.02. The summed E-state index contributed by atoms with van der Waals surface area (Å²) in [7, 11) is 0. The van der Waals surface area contributed by atoms with Crippen LogP contribution in [0.5, 0.6) is 17.2 Å². The molecule has 2 rings (SSSR count). The van der Waals surface area contributed by atoms with Crippen molar-refractivity contribution in [2.75, 3.05) is 0 Å². The number of benzene rings is 1. The van der Waals surface area contributed by atoms with Gasteiger partial charge in [-0.15, -0.1) is 0 Å². The topological polar surface area (TPSA) is 32.8 Å². The largest absolute Gasteiger partial charge is 0.504 e. The summed E-state index contributed by atoms with van der Waals surface area (Å²) in [5.41, 5.74) is 1.22. The van der Waals surface area contributed by atoms with Gasteiger partial charge in [0, 0.05) is 0 Å². The Kier molecular flexibility index (Phi) is 1.91. The van der Waals surface area contributed by atoms with Crippen molar-refractivity contribution in [1.82, 2.24) is 0 Å². The van der Waals surface area contributed by atoms with Crippen molar-refractivity contribution < 1.29 is 9.84 Å². The van der Waals surface area contributed by atoms with E-state index in [0.717, 1.165) is 12.2 Å². The van der Waals surface area contributed by atoms with Gasteiger partial charge in [0.1, 0.15) is 0 Å². The Hall–Kier alpha value is -1.18. The highest BCUT2D eigenvalue weighted by Crippen LogP contribution is 2.54. The van der Waals surface area contributed by atoms with Crippen LogP contribution in [-0.4, -0.2) is 5.11 Å². The second kappa shape index (κ2) is 2.95. The first kappa shape index (κ1) is 8.42. The van der Waals surface area contributed by atoms with Gasteiger partial charge in [0.15, 0.2) is 11.5 Å². The summed E-state index contributed by atoms with van der Waals surface area (Å²) < 4.78 is 5.18. The maximum atomic E-state index is 9.25. The first-order chi connectivity index (χ1) is 6.18. The number of aromatic hydroxyl groups is 1. The lowest BCUT2D eigenvalue weighted by molar-refractivity contribution is 0.463. The lowest BCUT2D eigenvalue weighted by Crippen LogP contribution is -1.90. The van der Waals surface area contributed by atoms with Gasteiger partial charge in [-0.2, -0.15) is 0 Å². The molecule has 2 heteroatoms. The van der Waals surface area contributed by atoms with Crippen molar-refractivity contribution in [3.63, 3.8) is 0 Å². The third-order valence-electron chi connectivity index (χ3n) is 2.33. The number of fused-ring (bicyclic) bond motifs is 1. The first-order valence-electron chi connectivity index (χ1n) is 4.71. The van der Waals surface area contributed by atoms with E-state index >= 15 is 0 Å². The Labute approximate surface area is 78.2 Å². The van der Waals surface area contributed by atoms with Crippen LogP contribution in [-0.2, 0) is 6.42 Å². The Morgan fingerprint density at radius 3 is 2.77 bits per heavy atom. The average molecular weight is 178 g/mol. The minimum absolute atomic E-state index is 0.267. The lowest BCUT2D eigenvalue weighted by atomic mass is 10.0. The van der Waals surface area contributed by atoms with E-state index in [0.29, 0.717) is 11.7 Å². The van der Waals surface area contributed by atoms with Crippen LogP contribution in [0.2, 0.25) is 0 Å². The van der Waals surface area contributed by atoms with Gasteiger partial charge in [-0.1, -0.05) is 19.9 Å². The molecule has 0 amide bonds. The molecule has 0 spiro atoms. The molecular formula is C11H14O2. The van der Waals surface area contributed by atoms with Crippen molar-refractivity contribution in [1.29, 1.82) is 0 Å². The third-order valence-corrected chi connectivity index (χ3v) is 2.33. The Morgan fingerprint density at radius 2 is 2.08 bits per heavy atom. The summed E-state index contributed by atoms with van der Waals surface area (Å²) in [6, 6.07) is 3.66. The maximum absolute atomic E-state index is 9.25. The second-order valence-electron chi connectivity index (χ2n) is 3.94. The van der Waals surface area contributed by atoms with E-state index < -0.39 is 0 Å². The van der Waals surface area contributed by atoms with Crippen LogP contribution < -0.4 is 4.74 Å². The molecule has 70 valence electrons. The van der Waals surface area contributed by atoms with Crippen molar-refractivity contribution in [2.24, 2.45) is 5.92 Å². The van der Waals surface area contributed by atoms with E-state index in [-0.39, 0.29) is 5.75 Å². The molecule has 0 saturated heterocycles. The quantitative estimate of drug-likeness (QED) is 0.732. The number of ether oxygens (including phenoxy) is 1. The molecule has 0 saturated carbocycles. The van der Waals surface area contributed by atoms with E-state index in [4.69, 9.17) is 4.74 Å². The minimum atomic E-state index is 0.267. The molecule has 0 atom stereocenters. The van der Waals surface area contributed by atoms with Gasteiger partial charge < -0.3 is 9.84 Å². The highest BCUT2D eigenvalue weighted by atomic mass is 16.6. The van der Waals surface area contributed by atoms with Crippen LogP contribution in [0.15, 0.2) is 12.1 Å². The molecule has 0 bridgehead atoms. The molecule has 1 heterocycles. The van der Waals surface area contributed by atoms with E-state index in [1.807, 2.05) is 6.07 Å². The van der Waals surface area contributed by atoms with Crippen molar-refractivity contribution in [3.05, 3.63) is 17.7 Å². The van der Waals surface area contributed by atoms with Gasteiger partial charge in [0.05, 0.1) is 0 Å². The summed E-state index contributed by atoms with van der Waals surface area (Å²) >= 11 is 0. The highest BCUT2D eigenvalue weighted by molar-refractivity contribution is 5.66. The monoisotopic (exact) mass is 178 g/mol. The predicted octanol–water partition coefficient (Wildman–Crippen LogP) is 3.09. The zero-order valence-corrected chi connectivity index (χ0v) is 8.00. The third kappa shape index (κ3) is 1.62. The Morgan fingerprint density at radius 1 is 1.31 bits per heavy atom. The smallest absolute Gasteiger partial charge is 0.211 e. The summed E-state index contributed by atoms with van der Waals surface area (Å²) in [5, 5.41) is 9.25. The van der Waals surface area contributed by atoms with Crippen LogP contribution in [0.3, 0.4) is 0 Å². The van der Waals surface area contributed by atoms with Crippen LogP contribution in [0.1, 0.15) is 25.8 Å². The average Bonchev–Trinajstić information content (AvgIpc) is 2.83.